The molecule has 2 N–H and O–H groups in total. The fraction of sp³-hybridized carbons (Fsp3) is 0. The lowest BCUT2D eigenvalue weighted by Gasteiger charge is -2.11. The van der Waals surface area contributed by atoms with Crippen molar-refractivity contribution in [1.29, 1.82) is 0 Å². The van der Waals surface area contributed by atoms with Gasteiger partial charge in [-0.2, -0.15) is 0 Å². The number of phenolic OH excluding ortho intramolecular Hbond substituents is 1. The normalized spacial score (nSPS) is 11.3. The summed E-state index contributed by atoms with van der Waals surface area (Å²) in [7, 11) is -4.00. The molecule has 0 fully saturated rings. The van der Waals surface area contributed by atoms with Crippen LogP contribution in [0.25, 0.3) is 0 Å². The summed E-state index contributed by atoms with van der Waals surface area (Å²) in [6.45, 7) is 0. The standard InChI is InChI=1S/C12H8BrCl2NO3S/c13-7-2-1-3-9(4-7)16-20(18,19)11-6-8(14)5-10(15)12(11)17/h1-6,16-17H. The van der Waals surface area contributed by atoms with E-state index in [4.69, 9.17) is 23.2 Å². The van der Waals surface area contributed by atoms with E-state index < -0.39 is 15.8 Å². The lowest BCUT2D eigenvalue weighted by molar-refractivity contribution is 0.459. The van der Waals surface area contributed by atoms with Gasteiger partial charge in [-0.15, -0.1) is 0 Å². The molecule has 0 saturated carbocycles. The van der Waals surface area contributed by atoms with Gasteiger partial charge in [0.25, 0.3) is 10.0 Å². The molecule has 0 aromatic heterocycles. The molecular weight excluding hydrogens is 389 g/mol. The van der Waals surface area contributed by atoms with Gasteiger partial charge < -0.3 is 5.11 Å². The van der Waals surface area contributed by atoms with Crippen LogP contribution in [0.3, 0.4) is 0 Å². The van der Waals surface area contributed by atoms with Crippen molar-refractivity contribution in [1.82, 2.24) is 0 Å². The van der Waals surface area contributed by atoms with Crippen molar-refractivity contribution in [2.24, 2.45) is 0 Å². The van der Waals surface area contributed by atoms with Gasteiger partial charge in [0, 0.05) is 15.2 Å². The minimum atomic E-state index is -4.00. The number of halogens is 3. The summed E-state index contributed by atoms with van der Waals surface area (Å²) < 4.78 is 27.5. The van der Waals surface area contributed by atoms with Gasteiger partial charge in [0.2, 0.25) is 0 Å². The van der Waals surface area contributed by atoms with Crippen LogP contribution in [0, 0.1) is 0 Å². The summed E-state index contributed by atoms with van der Waals surface area (Å²) >= 11 is 14.7. The Labute approximate surface area is 134 Å². The first-order valence-electron chi connectivity index (χ1n) is 5.26. The van der Waals surface area contributed by atoms with Gasteiger partial charge in [0.1, 0.15) is 4.90 Å². The minimum Gasteiger partial charge on any atom is -0.505 e. The summed E-state index contributed by atoms with van der Waals surface area (Å²) in [6.07, 6.45) is 0. The van der Waals surface area contributed by atoms with E-state index in [1.807, 2.05) is 0 Å². The summed E-state index contributed by atoms with van der Waals surface area (Å²) in [4.78, 5) is -0.380. The third-order valence-electron chi connectivity index (χ3n) is 2.36. The third-order valence-corrected chi connectivity index (χ3v) is 4.75. The van der Waals surface area contributed by atoms with Crippen LogP contribution in [0.5, 0.6) is 5.75 Å². The maximum Gasteiger partial charge on any atom is 0.265 e. The van der Waals surface area contributed by atoms with Crippen molar-refractivity contribution in [3.63, 3.8) is 0 Å². The second-order valence-corrected chi connectivity index (χ2v) is 7.26. The predicted octanol–water partition coefficient (Wildman–Crippen LogP) is 4.26. The molecule has 0 amide bonds. The average Bonchev–Trinajstić information content (AvgIpc) is 2.33. The zero-order valence-electron chi connectivity index (χ0n) is 9.77. The lowest BCUT2D eigenvalue weighted by atomic mass is 10.3. The number of anilines is 1. The number of hydrogen-bond acceptors (Lipinski definition) is 3. The Bertz CT molecular complexity index is 765. The van der Waals surface area contributed by atoms with E-state index in [0.29, 0.717) is 10.2 Å². The molecule has 20 heavy (non-hydrogen) atoms. The summed E-state index contributed by atoms with van der Waals surface area (Å²) in [5.74, 6) is -0.543. The number of benzene rings is 2. The number of hydrogen-bond donors (Lipinski definition) is 2. The molecule has 0 bridgehead atoms. The molecule has 0 aliphatic carbocycles. The Morgan fingerprint density at radius 3 is 2.50 bits per heavy atom. The first-order valence-corrected chi connectivity index (χ1v) is 8.29. The van der Waals surface area contributed by atoms with E-state index in [-0.39, 0.29) is 14.9 Å². The van der Waals surface area contributed by atoms with Crippen molar-refractivity contribution < 1.29 is 13.5 Å². The van der Waals surface area contributed by atoms with E-state index in [9.17, 15) is 13.5 Å². The van der Waals surface area contributed by atoms with Crippen molar-refractivity contribution in [3.05, 3.63) is 50.9 Å². The second-order valence-electron chi connectivity index (χ2n) is 3.85. The number of nitrogens with one attached hydrogen (secondary N) is 1. The number of aromatic hydroxyl groups is 1. The molecule has 2 aromatic carbocycles. The molecule has 2 aromatic rings. The van der Waals surface area contributed by atoms with Crippen molar-refractivity contribution >= 4 is 54.8 Å². The van der Waals surface area contributed by atoms with Gasteiger partial charge in [0.15, 0.2) is 5.75 Å². The van der Waals surface area contributed by atoms with E-state index in [0.717, 1.165) is 6.07 Å². The van der Waals surface area contributed by atoms with Crippen molar-refractivity contribution in [3.8, 4) is 5.75 Å². The van der Waals surface area contributed by atoms with Gasteiger partial charge >= 0.3 is 0 Å². The second kappa shape index (κ2) is 5.81. The molecule has 0 heterocycles. The van der Waals surface area contributed by atoms with Gasteiger partial charge in [-0.05, 0) is 30.3 Å². The maximum atomic E-state index is 12.2. The molecule has 2 rings (SSSR count). The largest absolute Gasteiger partial charge is 0.505 e. The molecular formula is C12H8BrCl2NO3S. The first-order chi connectivity index (χ1) is 9.29. The average molecular weight is 397 g/mol. The molecule has 106 valence electrons. The monoisotopic (exact) mass is 395 g/mol. The minimum absolute atomic E-state index is 0.113. The number of rotatable bonds is 3. The van der Waals surface area contributed by atoms with Crippen LogP contribution in [-0.2, 0) is 10.0 Å². The van der Waals surface area contributed by atoms with E-state index >= 15 is 0 Å². The Morgan fingerprint density at radius 2 is 1.85 bits per heavy atom. The fourth-order valence-electron chi connectivity index (χ4n) is 1.51. The highest BCUT2D eigenvalue weighted by Crippen LogP contribution is 2.35. The highest BCUT2D eigenvalue weighted by atomic mass is 79.9. The summed E-state index contributed by atoms with van der Waals surface area (Å²) in [5, 5.41) is 9.75. The molecule has 0 aliphatic rings. The van der Waals surface area contributed by atoms with Crippen LogP contribution in [0.15, 0.2) is 45.8 Å². The van der Waals surface area contributed by atoms with Gasteiger partial charge in [-0.3, -0.25) is 4.72 Å². The summed E-state index contributed by atoms with van der Waals surface area (Å²) in [6, 6.07) is 8.98. The third kappa shape index (κ3) is 3.38. The Balaban J connectivity index is 2.46. The van der Waals surface area contributed by atoms with Crippen LogP contribution in [0.4, 0.5) is 5.69 Å². The number of phenols is 1. The smallest absolute Gasteiger partial charge is 0.265 e. The Hall–Kier alpha value is -0.950. The number of sulfonamides is 1. The molecule has 0 aliphatic heterocycles. The Morgan fingerprint density at radius 1 is 1.15 bits per heavy atom. The van der Waals surface area contributed by atoms with Crippen LogP contribution in [0.1, 0.15) is 0 Å². The highest BCUT2D eigenvalue weighted by Gasteiger charge is 2.21. The maximum absolute atomic E-state index is 12.2. The summed E-state index contributed by atoms with van der Waals surface area (Å²) in [5.41, 5.74) is 0.342. The molecule has 0 saturated heterocycles. The molecule has 0 radical (unpaired) electrons. The predicted molar refractivity (Wildman–Crippen MR) is 83.1 cm³/mol. The van der Waals surface area contributed by atoms with Gasteiger partial charge in [0.05, 0.1) is 5.02 Å². The van der Waals surface area contributed by atoms with E-state index in [1.165, 1.54) is 6.07 Å². The van der Waals surface area contributed by atoms with Crippen LogP contribution < -0.4 is 4.72 Å². The molecule has 0 unspecified atom stereocenters. The molecule has 0 spiro atoms. The topological polar surface area (TPSA) is 66.4 Å². The van der Waals surface area contributed by atoms with Crippen LogP contribution >= 0.6 is 39.1 Å². The SMILES string of the molecule is O=S(=O)(Nc1cccc(Br)c1)c1cc(Cl)cc(Cl)c1O. The van der Waals surface area contributed by atoms with Crippen LogP contribution in [-0.4, -0.2) is 13.5 Å². The molecule has 0 atom stereocenters. The lowest BCUT2D eigenvalue weighted by Crippen LogP contribution is -2.13. The highest BCUT2D eigenvalue weighted by molar-refractivity contribution is 9.10. The molecule has 4 nitrogen and oxygen atoms in total. The van der Waals surface area contributed by atoms with E-state index in [1.54, 1.807) is 24.3 Å². The fourth-order valence-corrected chi connectivity index (χ4v) is 3.72. The zero-order chi connectivity index (χ0) is 14.9. The van der Waals surface area contributed by atoms with Gasteiger partial charge in [-0.25, -0.2) is 8.42 Å². The van der Waals surface area contributed by atoms with Crippen molar-refractivity contribution in [2.45, 2.75) is 4.90 Å². The Kier molecular flexibility index (Phi) is 4.49. The zero-order valence-corrected chi connectivity index (χ0v) is 13.7. The molecule has 8 heteroatoms. The quantitative estimate of drug-likeness (QED) is 0.814. The van der Waals surface area contributed by atoms with Gasteiger partial charge in [-0.1, -0.05) is 45.2 Å². The van der Waals surface area contributed by atoms with Crippen LogP contribution in [0.2, 0.25) is 10.0 Å². The van der Waals surface area contributed by atoms with E-state index in [2.05, 4.69) is 20.7 Å². The first kappa shape index (κ1) is 15.4. The van der Waals surface area contributed by atoms with Crippen molar-refractivity contribution in [2.75, 3.05) is 4.72 Å².